The standard InChI is InChI=1S/C20H29NO4/c1-14(2)24-13-19(22)21-10-6-8-17(12-21)20(23)16-7-5-9-18(11-16)25-15(3)4/h5,7,9,11,14-15,17H,6,8,10,12-13H2,1-4H3. The molecular formula is C20H29NO4. The van der Waals surface area contributed by atoms with Gasteiger partial charge in [-0.3, -0.25) is 9.59 Å². The van der Waals surface area contributed by atoms with Gasteiger partial charge in [-0.25, -0.2) is 0 Å². The second-order valence-electron chi connectivity index (χ2n) is 7.10. The third-order valence-corrected chi connectivity index (χ3v) is 4.18. The first-order chi connectivity index (χ1) is 11.9. The van der Waals surface area contributed by atoms with Crippen molar-refractivity contribution < 1.29 is 19.1 Å². The first-order valence-electron chi connectivity index (χ1n) is 9.07. The summed E-state index contributed by atoms with van der Waals surface area (Å²) in [6.07, 6.45) is 1.73. The molecule has 0 aliphatic carbocycles. The molecule has 1 fully saturated rings. The fourth-order valence-electron chi connectivity index (χ4n) is 2.98. The number of hydrogen-bond donors (Lipinski definition) is 0. The number of carbonyl (C=O) groups is 2. The molecule has 0 spiro atoms. The van der Waals surface area contributed by atoms with Gasteiger partial charge in [0.1, 0.15) is 12.4 Å². The molecule has 5 heteroatoms. The van der Waals surface area contributed by atoms with Gasteiger partial charge in [-0.05, 0) is 52.7 Å². The summed E-state index contributed by atoms with van der Waals surface area (Å²) in [4.78, 5) is 26.9. The van der Waals surface area contributed by atoms with Crippen molar-refractivity contribution >= 4 is 11.7 Å². The van der Waals surface area contributed by atoms with Crippen LogP contribution in [0.3, 0.4) is 0 Å². The van der Waals surface area contributed by atoms with Gasteiger partial charge in [-0.1, -0.05) is 12.1 Å². The average molecular weight is 347 g/mol. The highest BCUT2D eigenvalue weighted by Gasteiger charge is 2.29. The molecule has 1 amide bonds. The first kappa shape index (κ1) is 19.4. The molecular weight excluding hydrogens is 318 g/mol. The van der Waals surface area contributed by atoms with Gasteiger partial charge in [0.25, 0.3) is 0 Å². The van der Waals surface area contributed by atoms with Crippen LogP contribution in [0.25, 0.3) is 0 Å². The lowest BCUT2D eigenvalue weighted by Crippen LogP contribution is -2.44. The Morgan fingerprint density at radius 2 is 1.96 bits per heavy atom. The van der Waals surface area contributed by atoms with Crippen molar-refractivity contribution in [2.24, 2.45) is 5.92 Å². The summed E-state index contributed by atoms with van der Waals surface area (Å²) < 4.78 is 11.1. The molecule has 0 saturated carbocycles. The van der Waals surface area contributed by atoms with Gasteiger partial charge < -0.3 is 14.4 Å². The van der Waals surface area contributed by atoms with Gasteiger partial charge in [0.2, 0.25) is 5.91 Å². The van der Waals surface area contributed by atoms with E-state index in [-0.39, 0.29) is 36.4 Å². The van der Waals surface area contributed by atoms with E-state index in [0.29, 0.717) is 24.4 Å². The Kier molecular flexibility index (Phi) is 7.00. The van der Waals surface area contributed by atoms with E-state index < -0.39 is 0 Å². The molecule has 0 bridgehead atoms. The van der Waals surface area contributed by atoms with Gasteiger partial charge in [0.05, 0.1) is 12.2 Å². The van der Waals surface area contributed by atoms with Crippen molar-refractivity contribution in [3.05, 3.63) is 29.8 Å². The minimum Gasteiger partial charge on any atom is -0.491 e. The van der Waals surface area contributed by atoms with Crippen LogP contribution in [0.5, 0.6) is 5.75 Å². The molecule has 0 radical (unpaired) electrons. The maximum atomic E-state index is 12.8. The van der Waals surface area contributed by atoms with Gasteiger partial charge in [0.15, 0.2) is 5.78 Å². The highest BCUT2D eigenvalue weighted by atomic mass is 16.5. The van der Waals surface area contributed by atoms with E-state index in [1.165, 1.54) is 0 Å². The quantitative estimate of drug-likeness (QED) is 0.710. The molecule has 1 heterocycles. The Morgan fingerprint density at radius 3 is 2.64 bits per heavy atom. The highest BCUT2D eigenvalue weighted by molar-refractivity contribution is 5.98. The summed E-state index contributed by atoms with van der Waals surface area (Å²) in [5.74, 6) is 0.584. The predicted molar refractivity (Wildman–Crippen MR) is 96.9 cm³/mol. The number of ether oxygens (including phenoxy) is 2. The summed E-state index contributed by atoms with van der Waals surface area (Å²) in [6.45, 7) is 8.96. The van der Waals surface area contributed by atoms with Crippen molar-refractivity contribution in [3.8, 4) is 5.75 Å². The molecule has 1 aromatic carbocycles. The van der Waals surface area contributed by atoms with E-state index in [0.717, 1.165) is 12.8 Å². The summed E-state index contributed by atoms with van der Waals surface area (Å²) in [7, 11) is 0. The van der Waals surface area contributed by atoms with Crippen LogP contribution in [-0.2, 0) is 9.53 Å². The average Bonchev–Trinajstić information content (AvgIpc) is 2.58. The Balaban J connectivity index is 2.00. The maximum Gasteiger partial charge on any atom is 0.248 e. The van der Waals surface area contributed by atoms with E-state index in [1.807, 2.05) is 45.9 Å². The zero-order chi connectivity index (χ0) is 18.4. The minimum absolute atomic E-state index is 0.0230. The molecule has 1 aromatic rings. The lowest BCUT2D eigenvalue weighted by Gasteiger charge is -2.32. The molecule has 1 unspecified atom stereocenters. The largest absolute Gasteiger partial charge is 0.491 e. The van der Waals surface area contributed by atoms with E-state index in [1.54, 1.807) is 11.0 Å². The zero-order valence-electron chi connectivity index (χ0n) is 15.7. The molecule has 1 saturated heterocycles. The summed E-state index contributed by atoms with van der Waals surface area (Å²) in [5.41, 5.74) is 0.649. The Labute approximate surface area is 150 Å². The second-order valence-corrected chi connectivity index (χ2v) is 7.10. The van der Waals surface area contributed by atoms with E-state index >= 15 is 0 Å². The number of ketones is 1. The van der Waals surface area contributed by atoms with E-state index in [2.05, 4.69) is 0 Å². The normalized spacial score (nSPS) is 17.8. The van der Waals surface area contributed by atoms with Gasteiger partial charge >= 0.3 is 0 Å². The van der Waals surface area contributed by atoms with Gasteiger partial charge in [-0.15, -0.1) is 0 Å². The van der Waals surface area contributed by atoms with Crippen LogP contribution >= 0.6 is 0 Å². The zero-order valence-corrected chi connectivity index (χ0v) is 15.7. The third kappa shape index (κ3) is 5.85. The van der Waals surface area contributed by atoms with Crippen LogP contribution < -0.4 is 4.74 Å². The van der Waals surface area contributed by atoms with Crippen LogP contribution in [0.4, 0.5) is 0 Å². The molecule has 1 aliphatic rings. The van der Waals surface area contributed by atoms with Crippen molar-refractivity contribution in [1.29, 1.82) is 0 Å². The summed E-state index contributed by atoms with van der Waals surface area (Å²) >= 11 is 0. The SMILES string of the molecule is CC(C)OCC(=O)N1CCCC(C(=O)c2cccc(OC(C)C)c2)C1. The third-order valence-electron chi connectivity index (χ3n) is 4.18. The molecule has 1 aliphatic heterocycles. The Bertz CT molecular complexity index is 597. The van der Waals surface area contributed by atoms with Crippen LogP contribution in [0, 0.1) is 5.92 Å². The minimum atomic E-state index is -0.161. The lowest BCUT2D eigenvalue weighted by molar-refractivity contribution is -0.139. The lowest BCUT2D eigenvalue weighted by atomic mass is 9.90. The number of amides is 1. The first-order valence-corrected chi connectivity index (χ1v) is 9.07. The maximum absolute atomic E-state index is 12.8. The molecule has 1 atom stereocenters. The molecule has 25 heavy (non-hydrogen) atoms. The number of benzene rings is 1. The fraction of sp³-hybridized carbons (Fsp3) is 0.600. The van der Waals surface area contributed by atoms with Crippen LogP contribution in [-0.4, -0.2) is 48.5 Å². The highest BCUT2D eigenvalue weighted by Crippen LogP contribution is 2.23. The van der Waals surface area contributed by atoms with Gasteiger partial charge in [0, 0.05) is 24.6 Å². The monoisotopic (exact) mass is 347 g/mol. The molecule has 5 nitrogen and oxygen atoms in total. The van der Waals surface area contributed by atoms with Crippen LogP contribution in [0.15, 0.2) is 24.3 Å². The van der Waals surface area contributed by atoms with E-state index in [9.17, 15) is 9.59 Å². The van der Waals surface area contributed by atoms with Crippen molar-refractivity contribution in [1.82, 2.24) is 4.90 Å². The number of Topliss-reactive ketones (excluding diaryl/α,β-unsaturated/α-hetero) is 1. The van der Waals surface area contributed by atoms with Crippen LogP contribution in [0.1, 0.15) is 50.9 Å². The molecule has 138 valence electrons. The van der Waals surface area contributed by atoms with Crippen molar-refractivity contribution in [3.63, 3.8) is 0 Å². The fourth-order valence-corrected chi connectivity index (χ4v) is 2.98. The van der Waals surface area contributed by atoms with Crippen molar-refractivity contribution in [2.45, 2.75) is 52.7 Å². The van der Waals surface area contributed by atoms with Crippen LogP contribution in [0.2, 0.25) is 0 Å². The number of likely N-dealkylation sites (tertiary alicyclic amines) is 1. The molecule has 2 rings (SSSR count). The van der Waals surface area contributed by atoms with E-state index in [4.69, 9.17) is 9.47 Å². The Hall–Kier alpha value is -1.88. The second kappa shape index (κ2) is 8.99. The number of nitrogens with zero attached hydrogens (tertiary/aromatic N) is 1. The molecule has 0 aromatic heterocycles. The summed E-state index contributed by atoms with van der Waals surface area (Å²) in [5, 5.41) is 0. The predicted octanol–water partition coefficient (Wildman–Crippen LogP) is 3.32. The van der Waals surface area contributed by atoms with Gasteiger partial charge in [-0.2, -0.15) is 0 Å². The van der Waals surface area contributed by atoms with Crippen molar-refractivity contribution in [2.75, 3.05) is 19.7 Å². The number of carbonyl (C=O) groups excluding carboxylic acids is 2. The smallest absolute Gasteiger partial charge is 0.248 e. The number of hydrogen-bond acceptors (Lipinski definition) is 4. The summed E-state index contributed by atoms with van der Waals surface area (Å²) in [6, 6.07) is 7.31. The number of rotatable bonds is 7. The molecule has 0 N–H and O–H groups in total. The topological polar surface area (TPSA) is 55.8 Å². The number of piperidine rings is 1. The Morgan fingerprint density at radius 1 is 1.20 bits per heavy atom.